The largest absolute Gasteiger partial charge is 0.394 e. The van der Waals surface area contributed by atoms with E-state index in [1.165, 1.54) is 0 Å². The zero-order valence-corrected chi connectivity index (χ0v) is 9.14. The van der Waals surface area contributed by atoms with E-state index in [4.69, 9.17) is 0 Å². The maximum atomic E-state index is 9.29. The molecule has 0 aliphatic heterocycles. The molecule has 2 heteroatoms. The fourth-order valence-electron chi connectivity index (χ4n) is 1.64. The lowest BCUT2D eigenvalue weighted by Crippen LogP contribution is -2.38. The zero-order valence-electron chi connectivity index (χ0n) is 9.14. The van der Waals surface area contributed by atoms with Crippen LogP contribution in [-0.4, -0.2) is 24.8 Å². The topological polar surface area (TPSA) is 23.5 Å². The number of benzene rings is 1. The van der Waals surface area contributed by atoms with E-state index < -0.39 is 0 Å². The average molecular weight is 193 g/mol. The first-order valence-electron chi connectivity index (χ1n) is 5.05. The zero-order chi connectivity index (χ0) is 10.6. The molecule has 0 fully saturated rings. The molecule has 0 radical (unpaired) electrons. The number of nitrogens with zero attached hydrogens (tertiary/aromatic N) is 1. The van der Waals surface area contributed by atoms with E-state index in [2.05, 4.69) is 30.9 Å². The van der Waals surface area contributed by atoms with Gasteiger partial charge in [0, 0.05) is 12.7 Å². The van der Waals surface area contributed by atoms with Gasteiger partial charge in [0.2, 0.25) is 0 Å². The molecule has 0 aliphatic rings. The Hall–Kier alpha value is -1.02. The number of rotatable bonds is 4. The number of anilines is 1. The molecule has 0 aromatic heterocycles. The van der Waals surface area contributed by atoms with Crippen LogP contribution in [0.1, 0.15) is 13.8 Å². The lowest BCUT2D eigenvalue weighted by atomic mass is 10.0. The predicted octanol–water partition coefficient (Wildman–Crippen LogP) is 2.14. The van der Waals surface area contributed by atoms with Crippen LogP contribution in [0.5, 0.6) is 0 Å². The number of likely N-dealkylation sites (N-methyl/N-ethyl adjacent to an activating group) is 1. The van der Waals surface area contributed by atoms with Gasteiger partial charge in [0.1, 0.15) is 0 Å². The smallest absolute Gasteiger partial charge is 0.0637 e. The number of hydrogen-bond acceptors (Lipinski definition) is 2. The summed E-state index contributed by atoms with van der Waals surface area (Å²) in [5.74, 6) is 0.449. The molecule has 0 amide bonds. The second kappa shape index (κ2) is 5.01. The molecule has 0 spiro atoms. The summed E-state index contributed by atoms with van der Waals surface area (Å²) in [5, 5.41) is 9.29. The lowest BCUT2D eigenvalue weighted by Gasteiger charge is -2.31. The summed E-state index contributed by atoms with van der Waals surface area (Å²) < 4.78 is 0. The third-order valence-electron chi connectivity index (χ3n) is 2.62. The molecule has 1 aromatic carbocycles. The molecule has 78 valence electrons. The first-order valence-corrected chi connectivity index (χ1v) is 5.05. The second-order valence-corrected chi connectivity index (χ2v) is 3.94. The van der Waals surface area contributed by atoms with E-state index in [1.807, 2.05) is 25.2 Å². The van der Waals surface area contributed by atoms with E-state index in [-0.39, 0.29) is 12.6 Å². The van der Waals surface area contributed by atoms with Crippen LogP contribution < -0.4 is 4.90 Å². The first kappa shape index (κ1) is 11.1. The summed E-state index contributed by atoms with van der Waals surface area (Å²) in [7, 11) is 2.02. The van der Waals surface area contributed by atoms with Crippen LogP contribution in [0, 0.1) is 5.92 Å². The minimum Gasteiger partial charge on any atom is -0.394 e. The molecule has 2 nitrogen and oxygen atoms in total. The van der Waals surface area contributed by atoms with Crippen LogP contribution in [0.25, 0.3) is 0 Å². The summed E-state index contributed by atoms with van der Waals surface area (Å²) in [5.41, 5.74) is 1.15. The molecule has 1 N–H and O–H groups in total. The average Bonchev–Trinajstić information content (AvgIpc) is 2.19. The molecule has 0 saturated carbocycles. The number of aliphatic hydroxyl groups excluding tert-OH is 1. The van der Waals surface area contributed by atoms with Crippen LogP contribution in [0.2, 0.25) is 0 Å². The monoisotopic (exact) mass is 193 g/mol. The number of para-hydroxylation sites is 1. The van der Waals surface area contributed by atoms with Gasteiger partial charge in [-0.05, 0) is 18.1 Å². The van der Waals surface area contributed by atoms with Gasteiger partial charge in [-0.1, -0.05) is 32.0 Å². The molecular formula is C12H19NO. The first-order chi connectivity index (χ1) is 6.66. The van der Waals surface area contributed by atoms with E-state index >= 15 is 0 Å². The quantitative estimate of drug-likeness (QED) is 0.792. The van der Waals surface area contributed by atoms with Crippen molar-refractivity contribution in [2.45, 2.75) is 19.9 Å². The molecule has 1 aromatic rings. The van der Waals surface area contributed by atoms with Crippen molar-refractivity contribution in [3.63, 3.8) is 0 Å². The molecule has 14 heavy (non-hydrogen) atoms. The van der Waals surface area contributed by atoms with Gasteiger partial charge in [-0.2, -0.15) is 0 Å². The third kappa shape index (κ3) is 2.48. The Morgan fingerprint density at radius 3 is 2.21 bits per heavy atom. The Bertz CT molecular complexity index is 258. The Labute approximate surface area is 86.2 Å². The lowest BCUT2D eigenvalue weighted by molar-refractivity contribution is 0.234. The Kier molecular flexibility index (Phi) is 3.96. The van der Waals surface area contributed by atoms with Crippen LogP contribution >= 0.6 is 0 Å². The number of aliphatic hydroxyl groups is 1. The van der Waals surface area contributed by atoms with E-state index in [0.29, 0.717) is 5.92 Å². The summed E-state index contributed by atoms with van der Waals surface area (Å²) in [4.78, 5) is 2.13. The molecular weight excluding hydrogens is 174 g/mol. The van der Waals surface area contributed by atoms with Gasteiger partial charge >= 0.3 is 0 Å². The molecule has 0 heterocycles. The minimum absolute atomic E-state index is 0.192. The summed E-state index contributed by atoms with van der Waals surface area (Å²) in [6.07, 6.45) is 0. The van der Waals surface area contributed by atoms with Gasteiger partial charge in [0.15, 0.2) is 0 Å². The van der Waals surface area contributed by atoms with Crippen molar-refractivity contribution in [1.82, 2.24) is 0 Å². The van der Waals surface area contributed by atoms with Crippen molar-refractivity contribution in [2.24, 2.45) is 5.92 Å². The molecule has 1 atom stereocenters. The van der Waals surface area contributed by atoms with Gasteiger partial charge in [-0.15, -0.1) is 0 Å². The maximum absolute atomic E-state index is 9.29. The van der Waals surface area contributed by atoms with Crippen molar-refractivity contribution in [2.75, 3.05) is 18.6 Å². The Morgan fingerprint density at radius 2 is 1.79 bits per heavy atom. The SMILES string of the molecule is CC(C)C(CO)N(C)c1ccccc1. The highest BCUT2D eigenvalue weighted by Gasteiger charge is 2.17. The van der Waals surface area contributed by atoms with Gasteiger partial charge in [0.05, 0.1) is 12.6 Å². The van der Waals surface area contributed by atoms with Crippen molar-refractivity contribution >= 4 is 5.69 Å². The minimum atomic E-state index is 0.192. The Balaban J connectivity index is 2.78. The molecule has 0 saturated heterocycles. The van der Waals surface area contributed by atoms with Crippen LogP contribution in [0.15, 0.2) is 30.3 Å². The number of hydrogen-bond donors (Lipinski definition) is 1. The van der Waals surface area contributed by atoms with Crippen LogP contribution in [-0.2, 0) is 0 Å². The van der Waals surface area contributed by atoms with Crippen molar-refractivity contribution in [3.8, 4) is 0 Å². The molecule has 1 unspecified atom stereocenters. The van der Waals surface area contributed by atoms with Gasteiger partial charge in [0.25, 0.3) is 0 Å². The van der Waals surface area contributed by atoms with Crippen molar-refractivity contribution < 1.29 is 5.11 Å². The molecule has 1 rings (SSSR count). The van der Waals surface area contributed by atoms with Crippen molar-refractivity contribution in [3.05, 3.63) is 30.3 Å². The highest BCUT2D eigenvalue weighted by Crippen LogP contribution is 2.18. The predicted molar refractivity (Wildman–Crippen MR) is 60.6 cm³/mol. The normalized spacial score (nSPS) is 12.9. The van der Waals surface area contributed by atoms with Crippen LogP contribution in [0.3, 0.4) is 0 Å². The standard InChI is InChI=1S/C12H19NO/c1-10(2)12(9-14)13(3)11-7-5-4-6-8-11/h4-8,10,12,14H,9H2,1-3H3. The summed E-state index contributed by atoms with van der Waals surface area (Å²) in [6, 6.07) is 10.3. The van der Waals surface area contributed by atoms with Gasteiger partial charge < -0.3 is 10.0 Å². The maximum Gasteiger partial charge on any atom is 0.0637 e. The molecule has 0 aliphatic carbocycles. The molecule has 0 bridgehead atoms. The van der Waals surface area contributed by atoms with E-state index in [0.717, 1.165) is 5.69 Å². The Morgan fingerprint density at radius 1 is 1.21 bits per heavy atom. The van der Waals surface area contributed by atoms with Crippen LogP contribution in [0.4, 0.5) is 5.69 Å². The second-order valence-electron chi connectivity index (χ2n) is 3.94. The van der Waals surface area contributed by atoms with Crippen molar-refractivity contribution in [1.29, 1.82) is 0 Å². The summed E-state index contributed by atoms with van der Waals surface area (Å²) in [6.45, 7) is 4.45. The van der Waals surface area contributed by atoms with Gasteiger partial charge in [-0.25, -0.2) is 0 Å². The fourth-order valence-corrected chi connectivity index (χ4v) is 1.64. The highest BCUT2D eigenvalue weighted by atomic mass is 16.3. The highest BCUT2D eigenvalue weighted by molar-refractivity contribution is 5.46. The fraction of sp³-hybridized carbons (Fsp3) is 0.500. The van der Waals surface area contributed by atoms with E-state index in [9.17, 15) is 5.11 Å². The van der Waals surface area contributed by atoms with E-state index in [1.54, 1.807) is 0 Å². The summed E-state index contributed by atoms with van der Waals surface area (Å²) >= 11 is 0. The third-order valence-corrected chi connectivity index (χ3v) is 2.62. The van der Waals surface area contributed by atoms with Gasteiger partial charge in [-0.3, -0.25) is 0 Å².